The van der Waals surface area contributed by atoms with Crippen molar-refractivity contribution in [3.63, 3.8) is 0 Å². The van der Waals surface area contributed by atoms with Crippen molar-refractivity contribution in [3.05, 3.63) is 0 Å². The summed E-state index contributed by atoms with van der Waals surface area (Å²) in [6, 6.07) is 0. The highest BCUT2D eigenvalue weighted by atomic mass is 16.5. The van der Waals surface area contributed by atoms with Gasteiger partial charge >= 0.3 is 0 Å². The van der Waals surface area contributed by atoms with Crippen molar-refractivity contribution in [1.82, 2.24) is 0 Å². The number of hydrogen-bond donors (Lipinski definition) is 5. The Labute approximate surface area is 69.2 Å². The van der Waals surface area contributed by atoms with Crippen LogP contribution < -0.4 is 5.73 Å². The largest absolute Gasteiger partial charge is 0.388 e. The molecule has 0 bridgehead atoms. The molecule has 0 aromatic heterocycles. The summed E-state index contributed by atoms with van der Waals surface area (Å²) in [6.45, 7) is -0.142. The van der Waals surface area contributed by atoms with E-state index in [9.17, 15) is 5.11 Å². The van der Waals surface area contributed by atoms with E-state index in [0.29, 0.717) is 0 Å². The van der Waals surface area contributed by atoms with Crippen LogP contribution in [0.15, 0.2) is 0 Å². The molecule has 0 spiro atoms. The van der Waals surface area contributed by atoms with Crippen molar-refractivity contribution >= 4 is 0 Å². The first-order valence-corrected chi connectivity index (χ1v) is 3.63. The Balaban J connectivity index is 2.58. The zero-order valence-corrected chi connectivity index (χ0v) is 6.37. The predicted octanol–water partition coefficient (Wildman–Crippen LogP) is -3.25. The fourth-order valence-electron chi connectivity index (χ4n) is 1.13. The van der Waals surface area contributed by atoms with E-state index in [1.54, 1.807) is 0 Å². The molecule has 0 saturated carbocycles. The van der Waals surface area contributed by atoms with E-state index in [4.69, 9.17) is 25.8 Å². The first-order chi connectivity index (χ1) is 5.54. The molecule has 1 unspecified atom stereocenters. The third kappa shape index (κ3) is 1.74. The lowest BCUT2D eigenvalue weighted by Crippen LogP contribution is -2.58. The molecular formula is C6H13NO5. The van der Waals surface area contributed by atoms with E-state index < -0.39 is 30.6 Å². The third-order valence-electron chi connectivity index (χ3n) is 1.88. The molecule has 6 heteroatoms. The second-order valence-electron chi connectivity index (χ2n) is 2.84. The summed E-state index contributed by atoms with van der Waals surface area (Å²) in [5.74, 6) is 0. The van der Waals surface area contributed by atoms with Gasteiger partial charge in [0.2, 0.25) is 0 Å². The number of aliphatic hydroxyl groups excluding tert-OH is 4. The standard InChI is InChI=1S/C6H13NO5/c7-6(11)5-4(10)3(9)2(8)1-12-5/h2-6,8-11H,1,7H2/t2-,3+,4-,5-,6?/m0/s1. The molecule has 0 aromatic carbocycles. The Hall–Kier alpha value is -0.240. The highest BCUT2D eigenvalue weighted by molar-refractivity contribution is 4.88. The fraction of sp³-hybridized carbons (Fsp3) is 1.00. The van der Waals surface area contributed by atoms with Gasteiger partial charge in [-0.05, 0) is 0 Å². The molecule has 1 aliphatic heterocycles. The van der Waals surface area contributed by atoms with Gasteiger partial charge in [0.25, 0.3) is 0 Å². The highest BCUT2D eigenvalue weighted by Crippen LogP contribution is 2.16. The molecule has 1 rings (SSSR count). The molecule has 0 radical (unpaired) electrons. The third-order valence-corrected chi connectivity index (χ3v) is 1.88. The van der Waals surface area contributed by atoms with Gasteiger partial charge in [0.15, 0.2) is 0 Å². The number of hydrogen-bond acceptors (Lipinski definition) is 6. The normalized spacial score (nSPS) is 45.8. The summed E-state index contributed by atoms with van der Waals surface area (Å²) < 4.78 is 4.80. The predicted molar refractivity (Wildman–Crippen MR) is 38.0 cm³/mol. The summed E-state index contributed by atoms with van der Waals surface area (Å²) in [7, 11) is 0. The Morgan fingerprint density at radius 3 is 2.33 bits per heavy atom. The quantitative estimate of drug-likeness (QED) is 0.270. The number of nitrogens with two attached hydrogens (primary N) is 1. The van der Waals surface area contributed by atoms with Crippen molar-refractivity contribution in [3.8, 4) is 0 Å². The van der Waals surface area contributed by atoms with E-state index in [1.165, 1.54) is 0 Å². The van der Waals surface area contributed by atoms with Gasteiger partial charge in [0.1, 0.15) is 30.6 Å². The zero-order valence-electron chi connectivity index (χ0n) is 6.37. The van der Waals surface area contributed by atoms with Gasteiger partial charge in [-0.2, -0.15) is 0 Å². The van der Waals surface area contributed by atoms with Crippen LogP contribution in [0.3, 0.4) is 0 Å². The lowest BCUT2D eigenvalue weighted by atomic mass is 9.99. The summed E-state index contributed by atoms with van der Waals surface area (Å²) in [5, 5.41) is 36.2. The molecule has 1 aliphatic rings. The maximum Gasteiger partial charge on any atom is 0.131 e. The molecule has 1 fully saturated rings. The lowest BCUT2D eigenvalue weighted by molar-refractivity contribution is -0.209. The van der Waals surface area contributed by atoms with Gasteiger partial charge in [-0.1, -0.05) is 0 Å². The first kappa shape index (κ1) is 9.85. The van der Waals surface area contributed by atoms with Crippen molar-refractivity contribution < 1.29 is 25.2 Å². The SMILES string of the molecule is NC(O)[C@H]1OC[C@H](O)[C@@H](O)[C@@H]1O. The van der Waals surface area contributed by atoms with E-state index in [-0.39, 0.29) is 6.61 Å². The van der Waals surface area contributed by atoms with Gasteiger partial charge in [-0.3, -0.25) is 0 Å². The number of ether oxygens (including phenoxy) is 1. The molecule has 1 saturated heterocycles. The Morgan fingerprint density at radius 1 is 1.25 bits per heavy atom. The van der Waals surface area contributed by atoms with Crippen molar-refractivity contribution in [2.75, 3.05) is 6.61 Å². The molecule has 6 nitrogen and oxygen atoms in total. The van der Waals surface area contributed by atoms with E-state index in [2.05, 4.69) is 0 Å². The minimum absolute atomic E-state index is 0.142. The molecule has 0 amide bonds. The Kier molecular flexibility index (Phi) is 2.99. The van der Waals surface area contributed by atoms with Crippen LogP contribution in [0, 0.1) is 0 Å². The van der Waals surface area contributed by atoms with Gasteiger partial charge in [-0.25, -0.2) is 0 Å². The maximum absolute atomic E-state index is 9.20. The molecule has 0 aliphatic carbocycles. The van der Waals surface area contributed by atoms with Crippen LogP contribution in [-0.2, 0) is 4.74 Å². The number of rotatable bonds is 1. The second kappa shape index (κ2) is 3.65. The molecule has 12 heavy (non-hydrogen) atoms. The molecule has 5 atom stereocenters. The average molecular weight is 179 g/mol. The fourth-order valence-corrected chi connectivity index (χ4v) is 1.13. The smallest absolute Gasteiger partial charge is 0.131 e. The van der Waals surface area contributed by atoms with Crippen LogP contribution in [0.4, 0.5) is 0 Å². The molecule has 1 heterocycles. The Bertz CT molecular complexity index is 153. The van der Waals surface area contributed by atoms with E-state index in [0.717, 1.165) is 0 Å². The van der Waals surface area contributed by atoms with Crippen molar-refractivity contribution in [1.29, 1.82) is 0 Å². The van der Waals surface area contributed by atoms with Crippen LogP contribution in [0.25, 0.3) is 0 Å². The van der Waals surface area contributed by atoms with E-state index in [1.807, 2.05) is 0 Å². The van der Waals surface area contributed by atoms with Crippen LogP contribution in [-0.4, -0.2) is 57.7 Å². The molecule has 72 valence electrons. The highest BCUT2D eigenvalue weighted by Gasteiger charge is 2.39. The minimum atomic E-state index is -1.36. The second-order valence-corrected chi connectivity index (χ2v) is 2.84. The van der Waals surface area contributed by atoms with Crippen LogP contribution in [0.5, 0.6) is 0 Å². The van der Waals surface area contributed by atoms with Gasteiger partial charge in [0.05, 0.1) is 6.61 Å². The van der Waals surface area contributed by atoms with E-state index >= 15 is 0 Å². The maximum atomic E-state index is 9.20. The summed E-state index contributed by atoms with van der Waals surface area (Å²) in [6.07, 6.45) is -6.20. The minimum Gasteiger partial charge on any atom is -0.388 e. The molecular weight excluding hydrogens is 166 g/mol. The molecule has 0 aromatic rings. The zero-order chi connectivity index (χ0) is 9.30. The van der Waals surface area contributed by atoms with Gasteiger partial charge in [0, 0.05) is 0 Å². The molecule has 6 N–H and O–H groups in total. The first-order valence-electron chi connectivity index (χ1n) is 3.63. The summed E-state index contributed by atoms with van der Waals surface area (Å²) in [4.78, 5) is 0. The summed E-state index contributed by atoms with van der Waals surface area (Å²) >= 11 is 0. The monoisotopic (exact) mass is 179 g/mol. The topological polar surface area (TPSA) is 116 Å². The number of aliphatic hydroxyl groups is 4. The Morgan fingerprint density at radius 2 is 1.83 bits per heavy atom. The van der Waals surface area contributed by atoms with Gasteiger partial charge in [-0.15, -0.1) is 0 Å². The lowest BCUT2D eigenvalue weighted by Gasteiger charge is -2.36. The van der Waals surface area contributed by atoms with Crippen LogP contribution >= 0.6 is 0 Å². The van der Waals surface area contributed by atoms with Crippen molar-refractivity contribution in [2.45, 2.75) is 30.6 Å². The average Bonchev–Trinajstić information content (AvgIpc) is 2.00. The summed E-state index contributed by atoms with van der Waals surface area (Å²) in [5.41, 5.74) is 5.04. The van der Waals surface area contributed by atoms with Gasteiger partial charge < -0.3 is 30.9 Å². The van der Waals surface area contributed by atoms with Crippen molar-refractivity contribution in [2.24, 2.45) is 5.73 Å². The van der Waals surface area contributed by atoms with Crippen LogP contribution in [0.2, 0.25) is 0 Å². The van der Waals surface area contributed by atoms with Crippen LogP contribution in [0.1, 0.15) is 0 Å².